The molecule has 0 saturated carbocycles. The number of nitrogens with zero attached hydrogens (tertiary/aromatic N) is 2. The highest BCUT2D eigenvalue weighted by molar-refractivity contribution is 6.00. The van der Waals surface area contributed by atoms with Crippen molar-refractivity contribution in [3.8, 4) is 11.1 Å². The van der Waals surface area contributed by atoms with Crippen molar-refractivity contribution in [2.75, 3.05) is 9.80 Å². The van der Waals surface area contributed by atoms with Crippen LogP contribution in [0.4, 0.5) is 17.1 Å². The number of allylic oxidation sites excluding steroid dienone is 7. The first kappa shape index (κ1) is 23.4. The maximum atomic E-state index is 4.50. The van der Waals surface area contributed by atoms with Crippen LogP contribution in [-0.2, 0) is 6.42 Å². The maximum absolute atomic E-state index is 4.50. The summed E-state index contributed by atoms with van der Waals surface area (Å²) in [7, 11) is 0. The zero-order chi connectivity index (χ0) is 25.4. The van der Waals surface area contributed by atoms with E-state index in [1.54, 1.807) is 0 Å². The summed E-state index contributed by atoms with van der Waals surface area (Å²) < 4.78 is 0. The smallest absolute Gasteiger partial charge is 0.108 e. The Kier molecular flexibility index (Phi) is 6.12. The highest BCUT2D eigenvalue weighted by Gasteiger charge is 2.39. The third kappa shape index (κ3) is 3.58. The van der Waals surface area contributed by atoms with Crippen molar-refractivity contribution in [1.29, 1.82) is 0 Å². The lowest BCUT2D eigenvalue weighted by Gasteiger charge is -2.33. The Morgan fingerprint density at radius 3 is 2.22 bits per heavy atom. The summed E-state index contributed by atoms with van der Waals surface area (Å²) in [5.74, 6) is 0. The Morgan fingerprint density at radius 1 is 0.833 bits per heavy atom. The van der Waals surface area contributed by atoms with Gasteiger partial charge in [0.2, 0.25) is 0 Å². The van der Waals surface area contributed by atoms with Crippen molar-refractivity contribution in [1.82, 2.24) is 0 Å². The normalized spacial score (nSPS) is 18.6. The van der Waals surface area contributed by atoms with Crippen LogP contribution in [0.3, 0.4) is 0 Å². The van der Waals surface area contributed by atoms with Gasteiger partial charge < -0.3 is 9.80 Å². The van der Waals surface area contributed by atoms with E-state index in [9.17, 15) is 0 Å². The number of rotatable bonds is 5. The van der Waals surface area contributed by atoms with Gasteiger partial charge >= 0.3 is 0 Å². The third-order valence-corrected chi connectivity index (χ3v) is 7.32. The zero-order valence-electron chi connectivity index (χ0n) is 21.2. The average molecular weight is 469 g/mol. The van der Waals surface area contributed by atoms with Gasteiger partial charge in [-0.1, -0.05) is 105 Å². The predicted octanol–water partition coefficient (Wildman–Crippen LogP) is 8.99. The van der Waals surface area contributed by atoms with Gasteiger partial charge in [0.05, 0.1) is 17.1 Å². The van der Waals surface area contributed by atoms with Crippen molar-refractivity contribution in [2.45, 2.75) is 26.4 Å². The summed E-state index contributed by atoms with van der Waals surface area (Å²) in [4.78, 5) is 4.79. The molecule has 0 bridgehead atoms. The topological polar surface area (TPSA) is 6.48 Å². The molecule has 2 aliphatic heterocycles. The molecule has 3 aromatic carbocycles. The molecule has 0 aromatic heterocycles. The van der Waals surface area contributed by atoms with Crippen LogP contribution in [0.2, 0.25) is 0 Å². The second kappa shape index (κ2) is 9.39. The predicted molar refractivity (Wildman–Crippen MR) is 157 cm³/mol. The minimum atomic E-state index is 0.00722. The fraction of sp³-hybridized carbons (Fsp3) is 0.118. The van der Waals surface area contributed by atoms with Gasteiger partial charge in [-0.2, -0.15) is 0 Å². The van der Waals surface area contributed by atoms with Crippen molar-refractivity contribution >= 4 is 22.6 Å². The summed E-state index contributed by atoms with van der Waals surface area (Å²) in [5, 5.41) is 0. The molecular weight excluding hydrogens is 436 g/mol. The average Bonchev–Trinajstić information content (AvgIpc) is 3.20. The quantitative estimate of drug-likeness (QED) is 0.345. The number of hydrogen-bond acceptors (Lipinski definition) is 2. The van der Waals surface area contributed by atoms with E-state index >= 15 is 0 Å². The highest BCUT2D eigenvalue weighted by Crippen LogP contribution is 2.53. The van der Waals surface area contributed by atoms with Crippen molar-refractivity contribution in [3.05, 3.63) is 145 Å². The minimum absolute atomic E-state index is 0.00722. The molecule has 1 atom stereocenters. The lowest BCUT2D eigenvalue weighted by Crippen LogP contribution is -2.38. The van der Waals surface area contributed by atoms with Gasteiger partial charge in [0.25, 0.3) is 0 Å². The fourth-order valence-electron chi connectivity index (χ4n) is 5.60. The molecule has 2 nitrogen and oxygen atoms in total. The molecule has 0 aliphatic carbocycles. The van der Waals surface area contributed by atoms with Crippen molar-refractivity contribution < 1.29 is 0 Å². The van der Waals surface area contributed by atoms with Crippen LogP contribution in [0.5, 0.6) is 0 Å². The molecule has 2 aliphatic rings. The van der Waals surface area contributed by atoms with Gasteiger partial charge in [-0.25, -0.2) is 0 Å². The zero-order valence-corrected chi connectivity index (χ0v) is 21.2. The molecule has 2 heteroatoms. The maximum Gasteiger partial charge on any atom is 0.108 e. The van der Waals surface area contributed by atoms with Gasteiger partial charge in [0, 0.05) is 16.8 Å². The summed E-state index contributed by atoms with van der Waals surface area (Å²) in [5.41, 5.74) is 12.7. The number of hydrogen-bond donors (Lipinski definition) is 0. The van der Waals surface area contributed by atoms with Crippen LogP contribution in [0.1, 0.15) is 25.0 Å². The van der Waals surface area contributed by atoms with Gasteiger partial charge in [-0.05, 0) is 60.2 Å². The van der Waals surface area contributed by atoms with Crippen molar-refractivity contribution in [2.24, 2.45) is 0 Å². The molecule has 0 N–H and O–H groups in total. The lowest BCUT2D eigenvalue weighted by atomic mass is 9.88. The molecule has 36 heavy (non-hydrogen) atoms. The van der Waals surface area contributed by atoms with Crippen LogP contribution in [0.15, 0.2) is 134 Å². The lowest BCUT2D eigenvalue weighted by molar-refractivity contribution is 0.738. The van der Waals surface area contributed by atoms with E-state index in [0.29, 0.717) is 0 Å². The van der Waals surface area contributed by atoms with Gasteiger partial charge in [0.1, 0.15) is 6.17 Å². The van der Waals surface area contributed by atoms with E-state index in [2.05, 4.69) is 117 Å². The number of para-hydroxylation sites is 2. The summed E-state index contributed by atoms with van der Waals surface area (Å²) in [6, 6.07) is 23.9. The van der Waals surface area contributed by atoms with E-state index in [1.165, 1.54) is 28.1 Å². The van der Waals surface area contributed by atoms with Crippen molar-refractivity contribution in [3.63, 3.8) is 0 Å². The Bertz CT molecular complexity index is 1470. The molecular formula is C34H32N2. The Hall–Kier alpha value is -4.30. The van der Waals surface area contributed by atoms with Crippen LogP contribution in [-0.4, -0.2) is 6.17 Å². The second-order valence-electron chi connectivity index (χ2n) is 9.28. The first-order valence-corrected chi connectivity index (χ1v) is 12.4. The Labute approximate surface area is 215 Å². The van der Waals surface area contributed by atoms with Crippen LogP contribution < -0.4 is 9.80 Å². The SMILES string of the molecule is C=C/C=C(/C)C(=C)N1c2cccc3c2N(c2ccccc2-c2ccccc2C/C(C=C)=C\3C=C)[C@@H]1C. The largest absolute Gasteiger partial charge is 0.319 e. The second-order valence-corrected chi connectivity index (χ2v) is 9.28. The summed E-state index contributed by atoms with van der Waals surface area (Å²) >= 11 is 0. The summed E-state index contributed by atoms with van der Waals surface area (Å²) in [6.07, 6.45) is 8.59. The molecule has 0 spiro atoms. The first-order chi connectivity index (χ1) is 17.5. The molecule has 178 valence electrons. The van der Waals surface area contributed by atoms with Gasteiger partial charge in [0.15, 0.2) is 0 Å². The third-order valence-electron chi connectivity index (χ3n) is 7.32. The summed E-state index contributed by atoms with van der Waals surface area (Å²) in [6.45, 7) is 21.2. The fourth-order valence-corrected chi connectivity index (χ4v) is 5.60. The molecule has 5 rings (SSSR count). The molecule has 2 heterocycles. The Morgan fingerprint density at radius 2 is 1.50 bits per heavy atom. The van der Waals surface area contributed by atoms with Crippen LogP contribution >= 0.6 is 0 Å². The highest BCUT2D eigenvalue weighted by atomic mass is 15.4. The first-order valence-electron chi connectivity index (χ1n) is 12.4. The van der Waals surface area contributed by atoms with E-state index < -0.39 is 0 Å². The number of anilines is 3. The van der Waals surface area contributed by atoms with Gasteiger partial charge in [-0.15, -0.1) is 0 Å². The number of benzene rings is 3. The van der Waals surface area contributed by atoms with Crippen LogP contribution in [0.25, 0.3) is 16.7 Å². The molecule has 0 unspecified atom stereocenters. The molecule has 0 fully saturated rings. The van der Waals surface area contributed by atoms with Crippen LogP contribution in [0, 0.1) is 0 Å². The van der Waals surface area contributed by atoms with E-state index in [4.69, 9.17) is 0 Å². The van der Waals surface area contributed by atoms with Gasteiger partial charge in [-0.3, -0.25) is 0 Å². The number of fused-ring (bicyclic) bond motifs is 4. The molecule has 0 amide bonds. The monoisotopic (exact) mass is 468 g/mol. The molecule has 0 radical (unpaired) electrons. The standard InChI is InChI=1S/C34H32N2/c1-7-15-23(4)24(5)35-25(6)36-32-20-13-12-18-30(32)29-17-11-10-16-27(29)22-26(8-2)28(9-3)31-19-14-21-33(35)34(31)36/h7-21,25H,1-3,5,22H2,4,6H3/b23-15-,28-26-/t25-/m1/s1. The Balaban J connectivity index is 1.90. The van der Waals surface area contributed by atoms with E-state index in [0.717, 1.165) is 40.1 Å². The molecule has 0 saturated heterocycles. The van der Waals surface area contributed by atoms with E-state index in [1.807, 2.05) is 24.3 Å². The minimum Gasteiger partial charge on any atom is -0.319 e. The molecule has 3 aromatic rings. The van der Waals surface area contributed by atoms with E-state index in [-0.39, 0.29) is 6.17 Å².